The van der Waals surface area contributed by atoms with Crippen molar-refractivity contribution in [3.63, 3.8) is 0 Å². The lowest BCUT2D eigenvalue weighted by Crippen LogP contribution is -2.21. The molecule has 0 bridgehead atoms. The minimum Gasteiger partial charge on any atom is -0.0961 e. The van der Waals surface area contributed by atoms with Gasteiger partial charge in [-0.25, -0.2) is 0 Å². The largest absolute Gasteiger partial charge is 0.0961 e. The van der Waals surface area contributed by atoms with Crippen molar-refractivity contribution in [2.45, 2.75) is 20.8 Å². The molecule has 1 rings (SSSR count). The van der Waals surface area contributed by atoms with Gasteiger partial charge in [-0.3, -0.25) is 0 Å². The van der Waals surface area contributed by atoms with Crippen molar-refractivity contribution in [1.29, 1.82) is 0 Å². The van der Waals surface area contributed by atoms with Crippen molar-refractivity contribution < 1.29 is 0 Å². The van der Waals surface area contributed by atoms with E-state index < -0.39 is 0 Å². The summed E-state index contributed by atoms with van der Waals surface area (Å²) in [6, 6.07) is 8.02. The van der Waals surface area contributed by atoms with Gasteiger partial charge in [0, 0.05) is 0 Å². The molecular formula is C13H18. The highest BCUT2D eigenvalue weighted by atomic mass is 13.8. The molecular weight excluding hydrogens is 156 g/mol. The number of hydrogen-bond donors (Lipinski definition) is 0. The Morgan fingerprint density at radius 1 is 1.23 bits per heavy atom. The Kier molecular flexibility index (Phi) is 5.62. The van der Waals surface area contributed by atoms with Crippen LogP contribution in [0, 0.1) is 0 Å². The van der Waals surface area contributed by atoms with Gasteiger partial charge in [0.1, 0.15) is 0 Å². The molecule has 70 valence electrons. The van der Waals surface area contributed by atoms with Crippen LogP contribution in [0.15, 0.2) is 36.4 Å². The van der Waals surface area contributed by atoms with E-state index in [-0.39, 0.29) is 0 Å². The van der Waals surface area contributed by atoms with Gasteiger partial charge in [0.2, 0.25) is 0 Å². The van der Waals surface area contributed by atoms with Crippen molar-refractivity contribution >= 4 is 12.7 Å². The molecule has 1 aromatic rings. The van der Waals surface area contributed by atoms with Crippen LogP contribution in [0.3, 0.4) is 0 Å². The minimum absolute atomic E-state index is 1.05. The van der Waals surface area contributed by atoms with Gasteiger partial charge in [-0.1, -0.05) is 62.9 Å². The van der Waals surface area contributed by atoms with Crippen LogP contribution in [-0.2, 0) is 0 Å². The molecule has 0 aromatic heterocycles. The zero-order valence-electron chi connectivity index (χ0n) is 8.80. The molecule has 0 amide bonds. The van der Waals surface area contributed by atoms with E-state index in [1.54, 1.807) is 0 Å². The molecule has 0 nitrogen and oxygen atoms in total. The maximum Gasteiger partial charge on any atom is -0.0188 e. The van der Waals surface area contributed by atoms with Crippen LogP contribution in [-0.4, -0.2) is 0 Å². The number of allylic oxidation sites excluding steroid dienone is 1. The summed E-state index contributed by atoms with van der Waals surface area (Å²) in [6.07, 6.45) is 2.03. The number of hydrogen-bond acceptors (Lipinski definition) is 0. The fourth-order valence-electron chi connectivity index (χ4n) is 0.940. The quantitative estimate of drug-likeness (QED) is 0.613. The molecule has 0 radical (unpaired) electrons. The third kappa shape index (κ3) is 4.32. The molecule has 0 heteroatoms. The van der Waals surface area contributed by atoms with E-state index in [1.165, 1.54) is 0 Å². The zero-order chi connectivity index (χ0) is 10.3. The van der Waals surface area contributed by atoms with Crippen LogP contribution >= 0.6 is 0 Å². The fraction of sp³-hybridized carbons (Fsp3) is 0.231. The van der Waals surface area contributed by atoms with Crippen molar-refractivity contribution in [2.75, 3.05) is 0 Å². The molecule has 13 heavy (non-hydrogen) atoms. The molecule has 0 aliphatic rings. The Balaban J connectivity index is 0.000000671. The first-order chi connectivity index (χ1) is 6.20. The molecule has 0 unspecified atom stereocenters. The highest BCUT2D eigenvalue weighted by Crippen LogP contribution is 1.84. The summed E-state index contributed by atoms with van der Waals surface area (Å²) in [7, 11) is 0. The lowest BCUT2D eigenvalue weighted by Gasteiger charge is -1.88. The van der Waals surface area contributed by atoms with Gasteiger partial charge in [0.25, 0.3) is 0 Å². The Bertz CT molecular complexity index is 358. The normalized spacial score (nSPS) is 10.2. The summed E-state index contributed by atoms with van der Waals surface area (Å²) < 4.78 is 0. The van der Waals surface area contributed by atoms with Crippen LogP contribution in [0.2, 0.25) is 0 Å². The van der Waals surface area contributed by atoms with Crippen LogP contribution in [0.25, 0.3) is 12.7 Å². The molecule has 0 heterocycles. The van der Waals surface area contributed by atoms with Gasteiger partial charge in [-0.15, -0.1) is 0 Å². The molecule has 0 atom stereocenters. The molecule has 0 saturated carbocycles. The Morgan fingerprint density at radius 3 is 2.23 bits per heavy atom. The predicted molar refractivity (Wildman–Crippen MR) is 61.8 cm³/mol. The lowest BCUT2D eigenvalue weighted by molar-refractivity contribution is 1.50. The second-order valence-electron chi connectivity index (χ2n) is 2.69. The van der Waals surface area contributed by atoms with Crippen molar-refractivity contribution in [3.05, 3.63) is 46.9 Å². The summed E-state index contributed by atoms with van der Waals surface area (Å²) in [5.74, 6) is 0. The topological polar surface area (TPSA) is 0 Å². The van der Waals surface area contributed by atoms with Crippen molar-refractivity contribution in [1.82, 2.24) is 0 Å². The summed E-state index contributed by atoms with van der Waals surface area (Å²) in [4.78, 5) is 0. The second-order valence-corrected chi connectivity index (χ2v) is 2.69. The fourth-order valence-corrected chi connectivity index (χ4v) is 0.940. The van der Waals surface area contributed by atoms with Gasteiger partial charge in [-0.05, 0) is 17.4 Å². The molecule has 0 spiro atoms. The molecule has 1 aromatic carbocycles. The predicted octanol–water partition coefficient (Wildman–Crippen LogP) is 2.48. The maximum atomic E-state index is 3.90. The standard InChI is InChI=1S/C11H12.C2H6/c1-9(2)8-11-7-5-4-6-10(11)3;1-2/h4-8H,1,3H2,2H3;1-2H3/b11-8-;. The molecule has 0 aliphatic heterocycles. The van der Waals surface area contributed by atoms with Crippen LogP contribution in [0.4, 0.5) is 0 Å². The van der Waals surface area contributed by atoms with Crippen LogP contribution < -0.4 is 10.4 Å². The zero-order valence-corrected chi connectivity index (χ0v) is 8.80. The second kappa shape index (κ2) is 6.24. The van der Waals surface area contributed by atoms with E-state index >= 15 is 0 Å². The van der Waals surface area contributed by atoms with Gasteiger partial charge < -0.3 is 0 Å². The summed E-state index contributed by atoms with van der Waals surface area (Å²) >= 11 is 0. The van der Waals surface area contributed by atoms with E-state index in [1.807, 2.05) is 51.1 Å². The van der Waals surface area contributed by atoms with Crippen molar-refractivity contribution in [3.8, 4) is 0 Å². The first-order valence-corrected chi connectivity index (χ1v) is 4.61. The average Bonchev–Trinajstić information content (AvgIpc) is 2.12. The van der Waals surface area contributed by atoms with E-state index in [9.17, 15) is 0 Å². The van der Waals surface area contributed by atoms with Crippen LogP contribution in [0.5, 0.6) is 0 Å². The van der Waals surface area contributed by atoms with E-state index in [0.29, 0.717) is 0 Å². The number of rotatable bonds is 1. The molecule has 0 saturated heterocycles. The van der Waals surface area contributed by atoms with E-state index in [2.05, 4.69) is 13.2 Å². The van der Waals surface area contributed by atoms with Crippen molar-refractivity contribution in [2.24, 2.45) is 0 Å². The maximum absolute atomic E-state index is 3.90. The smallest absolute Gasteiger partial charge is 0.0188 e. The Morgan fingerprint density at radius 2 is 1.77 bits per heavy atom. The van der Waals surface area contributed by atoms with E-state index in [0.717, 1.165) is 16.0 Å². The summed E-state index contributed by atoms with van der Waals surface area (Å²) in [6.45, 7) is 13.7. The summed E-state index contributed by atoms with van der Waals surface area (Å²) in [5.41, 5.74) is 1.06. The SMILES string of the molecule is C=C(C)/C=c1/ccccc1=C.CC. The molecule has 0 N–H and O–H groups in total. The minimum atomic E-state index is 1.05. The lowest BCUT2D eigenvalue weighted by atomic mass is 10.2. The third-order valence-electron chi connectivity index (χ3n) is 1.46. The average molecular weight is 174 g/mol. The Labute approximate surface area is 80.9 Å². The molecule has 0 aliphatic carbocycles. The molecule has 0 fully saturated rings. The van der Waals surface area contributed by atoms with Gasteiger partial charge >= 0.3 is 0 Å². The third-order valence-corrected chi connectivity index (χ3v) is 1.46. The number of benzene rings is 1. The Hall–Kier alpha value is -1.30. The van der Waals surface area contributed by atoms with Gasteiger partial charge in [0.15, 0.2) is 0 Å². The summed E-state index contributed by atoms with van der Waals surface area (Å²) in [5, 5.41) is 2.20. The van der Waals surface area contributed by atoms with Gasteiger partial charge in [-0.2, -0.15) is 0 Å². The highest BCUT2D eigenvalue weighted by Gasteiger charge is 1.79. The monoisotopic (exact) mass is 174 g/mol. The first-order valence-electron chi connectivity index (χ1n) is 4.61. The van der Waals surface area contributed by atoms with Crippen LogP contribution in [0.1, 0.15) is 20.8 Å². The van der Waals surface area contributed by atoms with E-state index in [4.69, 9.17) is 0 Å². The highest BCUT2D eigenvalue weighted by molar-refractivity contribution is 5.43. The van der Waals surface area contributed by atoms with Gasteiger partial charge in [0.05, 0.1) is 0 Å². The first kappa shape index (κ1) is 11.7.